The van der Waals surface area contributed by atoms with Crippen LogP contribution in [0.5, 0.6) is 5.88 Å². The monoisotopic (exact) mass is 238 g/mol. The first kappa shape index (κ1) is 10.9. The Labute approximate surface area is 96.6 Å². The number of pyridine rings is 1. The number of nitrogens with zero attached hydrogens (tertiary/aromatic N) is 1. The van der Waals surface area contributed by atoms with E-state index in [1.165, 1.54) is 0 Å². The maximum absolute atomic E-state index is 11.4. The predicted octanol–water partition coefficient (Wildman–Crippen LogP) is 1.50. The highest BCUT2D eigenvalue weighted by atomic mass is 32.2. The number of hydrogen-bond donors (Lipinski definition) is 1. The van der Waals surface area contributed by atoms with E-state index in [0.29, 0.717) is 18.1 Å². The van der Waals surface area contributed by atoms with Gasteiger partial charge in [0.2, 0.25) is 11.8 Å². The number of ether oxygens (including phenoxy) is 1. The molecule has 1 saturated heterocycles. The summed E-state index contributed by atoms with van der Waals surface area (Å²) >= 11 is 0.966. The van der Waals surface area contributed by atoms with E-state index in [4.69, 9.17) is 4.74 Å². The van der Waals surface area contributed by atoms with Gasteiger partial charge in [-0.15, -0.1) is 0 Å². The number of thioether (sulfide) groups is 1. The molecule has 1 unspecified atom stereocenters. The third-order valence-corrected chi connectivity index (χ3v) is 3.08. The minimum absolute atomic E-state index is 0.291. The first-order valence-corrected chi connectivity index (χ1v) is 5.69. The highest BCUT2D eigenvalue weighted by molar-refractivity contribution is 8.15. The molecule has 1 aromatic rings. The zero-order valence-corrected chi connectivity index (χ0v) is 9.41. The quantitative estimate of drug-likeness (QED) is 0.864. The Morgan fingerprint density at radius 2 is 2.31 bits per heavy atom. The second-order valence-electron chi connectivity index (χ2n) is 3.14. The first-order valence-electron chi connectivity index (χ1n) is 4.81. The molecule has 1 aromatic heterocycles. The number of imide groups is 1. The summed E-state index contributed by atoms with van der Waals surface area (Å²) < 4.78 is 5.19. The molecule has 2 heterocycles. The summed E-state index contributed by atoms with van der Waals surface area (Å²) in [6.45, 7) is 2.41. The van der Waals surface area contributed by atoms with Crippen molar-refractivity contribution in [2.45, 2.75) is 12.2 Å². The average molecular weight is 238 g/mol. The molecule has 2 rings (SSSR count). The van der Waals surface area contributed by atoms with Crippen LogP contribution in [0.1, 0.15) is 17.7 Å². The second kappa shape index (κ2) is 4.52. The molecule has 5 nitrogen and oxygen atoms in total. The van der Waals surface area contributed by atoms with Gasteiger partial charge in [0.25, 0.3) is 5.24 Å². The third-order valence-electron chi connectivity index (χ3n) is 2.04. The van der Waals surface area contributed by atoms with E-state index in [1.54, 1.807) is 18.3 Å². The van der Waals surface area contributed by atoms with Crippen molar-refractivity contribution in [2.24, 2.45) is 0 Å². The van der Waals surface area contributed by atoms with Gasteiger partial charge in [0.15, 0.2) is 0 Å². The van der Waals surface area contributed by atoms with E-state index < -0.39 is 5.25 Å². The maximum Gasteiger partial charge on any atom is 0.286 e. The van der Waals surface area contributed by atoms with Gasteiger partial charge in [0, 0.05) is 12.3 Å². The Balaban J connectivity index is 2.15. The van der Waals surface area contributed by atoms with Gasteiger partial charge in [-0.2, -0.15) is 0 Å². The minimum Gasteiger partial charge on any atom is -0.478 e. The molecule has 16 heavy (non-hydrogen) atoms. The summed E-state index contributed by atoms with van der Waals surface area (Å²) in [5.41, 5.74) is 0.705. The van der Waals surface area contributed by atoms with Crippen LogP contribution in [0, 0.1) is 0 Å². The standard InChI is InChI=1S/C10H10N2O3S/c1-2-15-7-4-3-6(5-11-7)8-9(13)12-10(14)16-8/h3-5,8H,2H2,1H3,(H,12,13,14). The number of nitrogens with one attached hydrogen (secondary N) is 1. The van der Waals surface area contributed by atoms with Crippen LogP contribution in [0.4, 0.5) is 4.79 Å². The fourth-order valence-electron chi connectivity index (χ4n) is 1.36. The number of carbonyl (C=O) groups is 2. The normalized spacial score (nSPS) is 19.7. The molecule has 0 radical (unpaired) electrons. The zero-order chi connectivity index (χ0) is 11.5. The van der Waals surface area contributed by atoms with Crippen LogP contribution in [0.15, 0.2) is 18.3 Å². The summed E-state index contributed by atoms with van der Waals surface area (Å²) in [5, 5.41) is 1.43. The van der Waals surface area contributed by atoms with E-state index >= 15 is 0 Å². The molecule has 0 bridgehead atoms. The number of amides is 2. The molecular weight excluding hydrogens is 228 g/mol. The average Bonchev–Trinajstić information content (AvgIpc) is 2.59. The van der Waals surface area contributed by atoms with E-state index in [-0.39, 0.29) is 11.1 Å². The SMILES string of the molecule is CCOc1ccc(C2SC(=O)NC2=O)cn1. The van der Waals surface area contributed by atoms with Crippen molar-refractivity contribution in [2.75, 3.05) is 6.61 Å². The molecule has 1 atom stereocenters. The molecular formula is C10H10N2O3S. The fraction of sp³-hybridized carbons (Fsp3) is 0.300. The number of carbonyl (C=O) groups excluding carboxylic acids is 2. The van der Waals surface area contributed by atoms with Crippen molar-refractivity contribution in [1.82, 2.24) is 10.3 Å². The molecule has 2 amide bonds. The fourth-order valence-corrected chi connectivity index (χ4v) is 2.17. The van der Waals surface area contributed by atoms with Gasteiger partial charge >= 0.3 is 0 Å². The third kappa shape index (κ3) is 2.16. The van der Waals surface area contributed by atoms with Crippen molar-refractivity contribution in [1.29, 1.82) is 0 Å². The van der Waals surface area contributed by atoms with Crippen molar-refractivity contribution in [3.63, 3.8) is 0 Å². The smallest absolute Gasteiger partial charge is 0.286 e. The minimum atomic E-state index is -0.490. The van der Waals surface area contributed by atoms with Gasteiger partial charge in [-0.1, -0.05) is 6.07 Å². The Kier molecular flexibility index (Phi) is 3.09. The Morgan fingerprint density at radius 3 is 2.81 bits per heavy atom. The highest BCUT2D eigenvalue weighted by Crippen LogP contribution is 2.33. The van der Waals surface area contributed by atoms with Crippen LogP contribution in [0.25, 0.3) is 0 Å². The van der Waals surface area contributed by atoms with Gasteiger partial charge < -0.3 is 4.74 Å². The summed E-state index contributed by atoms with van der Waals surface area (Å²) in [5.74, 6) is 0.224. The Bertz CT molecular complexity index is 419. The molecule has 0 saturated carbocycles. The number of hydrogen-bond acceptors (Lipinski definition) is 5. The zero-order valence-electron chi connectivity index (χ0n) is 8.60. The molecule has 0 spiro atoms. The Hall–Kier alpha value is -1.56. The lowest BCUT2D eigenvalue weighted by Crippen LogP contribution is -2.20. The molecule has 0 aromatic carbocycles. The van der Waals surface area contributed by atoms with Gasteiger partial charge in [0.05, 0.1) is 6.61 Å². The lowest BCUT2D eigenvalue weighted by atomic mass is 10.2. The maximum atomic E-state index is 11.4. The lowest BCUT2D eigenvalue weighted by Gasteiger charge is -2.06. The molecule has 1 fully saturated rings. The topological polar surface area (TPSA) is 68.3 Å². The number of rotatable bonds is 3. The van der Waals surface area contributed by atoms with Crippen LogP contribution in [0.3, 0.4) is 0 Å². The van der Waals surface area contributed by atoms with Crippen molar-refractivity contribution < 1.29 is 14.3 Å². The van der Waals surface area contributed by atoms with Crippen LogP contribution in [0.2, 0.25) is 0 Å². The highest BCUT2D eigenvalue weighted by Gasteiger charge is 2.32. The van der Waals surface area contributed by atoms with E-state index in [1.807, 2.05) is 6.92 Å². The summed E-state index contributed by atoms with van der Waals surface area (Å²) in [7, 11) is 0. The summed E-state index contributed by atoms with van der Waals surface area (Å²) in [4.78, 5) is 26.4. The van der Waals surface area contributed by atoms with E-state index in [2.05, 4.69) is 10.3 Å². The van der Waals surface area contributed by atoms with Crippen molar-refractivity contribution in [3.05, 3.63) is 23.9 Å². The second-order valence-corrected chi connectivity index (χ2v) is 4.22. The van der Waals surface area contributed by atoms with Gasteiger partial charge in [-0.05, 0) is 24.2 Å². The van der Waals surface area contributed by atoms with Crippen molar-refractivity contribution >= 4 is 22.9 Å². The lowest BCUT2D eigenvalue weighted by molar-refractivity contribution is -0.119. The van der Waals surface area contributed by atoms with Crippen LogP contribution in [-0.4, -0.2) is 22.7 Å². The molecule has 0 aliphatic carbocycles. The molecule has 1 aliphatic heterocycles. The van der Waals surface area contributed by atoms with Gasteiger partial charge in [-0.25, -0.2) is 4.98 Å². The van der Waals surface area contributed by atoms with Gasteiger partial charge in [0.1, 0.15) is 5.25 Å². The molecule has 1 N–H and O–H groups in total. The molecule has 84 valence electrons. The van der Waals surface area contributed by atoms with E-state index in [0.717, 1.165) is 11.8 Å². The van der Waals surface area contributed by atoms with Crippen LogP contribution >= 0.6 is 11.8 Å². The van der Waals surface area contributed by atoms with Crippen molar-refractivity contribution in [3.8, 4) is 5.88 Å². The van der Waals surface area contributed by atoms with E-state index in [9.17, 15) is 9.59 Å². The first-order chi connectivity index (χ1) is 7.70. The predicted molar refractivity (Wildman–Crippen MR) is 59.3 cm³/mol. The van der Waals surface area contributed by atoms with Gasteiger partial charge in [-0.3, -0.25) is 14.9 Å². The molecule has 1 aliphatic rings. The summed E-state index contributed by atoms with van der Waals surface area (Å²) in [6, 6.07) is 3.43. The largest absolute Gasteiger partial charge is 0.478 e. The van der Waals surface area contributed by atoms with Crippen LogP contribution in [-0.2, 0) is 4.79 Å². The summed E-state index contributed by atoms with van der Waals surface area (Å²) in [6.07, 6.45) is 1.56. The Morgan fingerprint density at radius 1 is 1.50 bits per heavy atom. The molecule has 6 heteroatoms. The number of aromatic nitrogens is 1. The van der Waals surface area contributed by atoms with Crippen LogP contribution < -0.4 is 10.1 Å².